The van der Waals surface area contributed by atoms with E-state index in [1.807, 2.05) is 12.1 Å². The Morgan fingerprint density at radius 1 is 1.22 bits per heavy atom. The van der Waals surface area contributed by atoms with Gasteiger partial charge in [-0.3, -0.25) is 4.98 Å². The summed E-state index contributed by atoms with van der Waals surface area (Å²) in [5.74, 6) is 0. The van der Waals surface area contributed by atoms with E-state index in [9.17, 15) is 0 Å². The van der Waals surface area contributed by atoms with Crippen molar-refractivity contribution in [2.75, 3.05) is 11.4 Å². The number of anilines is 1. The van der Waals surface area contributed by atoms with Crippen LogP contribution in [0.2, 0.25) is 5.02 Å². The van der Waals surface area contributed by atoms with E-state index in [1.54, 1.807) is 6.20 Å². The quantitative estimate of drug-likeness (QED) is 0.817. The van der Waals surface area contributed by atoms with Crippen LogP contribution in [0.25, 0.3) is 0 Å². The molecule has 0 atom stereocenters. The lowest BCUT2D eigenvalue weighted by Gasteiger charge is -2.31. The van der Waals surface area contributed by atoms with Gasteiger partial charge in [-0.05, 0) is 36.6 Å². The molecule has 0 fully saturated rings. The number of para-hydroxylation sites is 1. The number of aromatic nitrogens is 1. The number of fused-ring (bicyclic) bond motifs is 1. The molecular weight excluding hydrogens is 244 g/mol. The first kappa shape index (κ1) is 11.5. The number of nitrogens with zero attached hydrogens (tertiary/aromatic N) is 2. The lowest BCUT2D eigenvalue weighted by Crippen LogP contribution is -2.29. The topological polar surface area (TPSA) is 16.1 Å². The van der Waals surface area contributed by atoms with Gasteiger partial charge in [0, 0.05) is 23.5 Å². The van der Waals surface area contributed by atoms with E-state index in [0.29, 0.717) is 0 Å². The number of benzene rings is 1. The van der Waals surface area contributed by atoms with Crippen molar-refractivity contribution in [2.24, 2.45) is 0 Å². The van der Waals surface area contributed by atoms with Crippen molar-refractivity contribution >= 4 is 17.3 Å². The summed E-state index contributed by atoms with van der Waals surface area (Å²) in [5, 5.41) is 0.755. The molecule has 2 heterocycles. The van der Waals surface area contributed by atoms with Gasteiger partial charge in [-0.15, -0.1) is 0 Å². The minimum Gasteiger partial charge on any atom is -0.365 e. The van der Waals surface area contributed by atoms with Gasteiger partial charge in [0.15, 0.2) is 0 Å². The Morgan fingerprint density at radius 3 is 3.00 bits per heavy atom. The highest BCUT2D eigenvalue weighted by Gasteiger charge is 2.16. The minimum absolute atomic E-state index is 0.755. The number of hydrogen-bond acceptors (Lipinski definition) is 2. The zero-order chi connectivity index (χ0) is 12.4. The molecule has 1 aliphatic heterocycles. The number of hydrogen-bond donors (Lipinski definition) is 0. The predicted octanol–water partition coefficient (Wildman–Crippen LogP) is 3.69. The van der Waals surface area contributed by atoms with Gasteiger partial charge in [0.1, 0.15) is 0 Å². The monoisotopic (exact) mass is 258 g/mol. The fourth-order valence-corrected chi connectivity index (χ4v) is 2.69. The second-order valence-electron chi connectivity index (χ2n) is 4.62. The third-order valence-electron chi connectivity index (χ3n) is 3.34. The summed E-state index contributed by atoms with van der Waals surface area (Å²) in [6.07, 6.45) is 4.15. The van der Waals surface area contributed by atoms with E-state index in [1.165, 1.54) is 24.1 Å². The van der Waals surface area contributed by atoms with Crippen molar-refractivity contribution in [3.8, 4) is 0 Å². The molecular formula is C15H15ClN2. The fourth-order valence-electron chi connectivity index (χ4n) is 2.51. The van der Waals surface area contributed by atoms with Crippen molar-refractivity contribution in [1.82, 2.24) is 4.98 Å². The van der Waals surface area contributed by atoms with Crippen molar-refractivity contribution in [2.45, 2.75) is 19.4 Å². The molecule has 0 bridgehead atoms. The Morgan fingerprint density at radius 2 is 2.11 bits per heavy atom. The van der Waals surface area contributed by atoms with Crippen molar-refractivity contribution in [3.05, 3.63) is 58.9 Å². The molecule has 1 aliphatic rings. The largest absolute Gasteiger partial charge is 0.365 e. The van der Waals surface area contributed by atoms with Crippen molar-refractivity contribution < 1.29 is 0 Å². The van der Waals surface area contributed by atoms with Crippen LogP contribution in [-0.4, -0.2) is 11.5 Å². The normalized spacial score (nSPS) is 14.4. The van der Waals surface area contributed by atoms with Crippen LogP contribution in [0.4, 0.5) is 5.69 Å². The highest BCUT2D eigenvalue weighted by atomic mass is 35.5. The average molecular weight is 259 g/mol. The summed E-state index contributed by atoms with van der Waals surface area (Å²) >= 11 is 6.00. The molecule has 0 radical (unpaired) electrons. The summed E-state index contributed by atoms with van der Waals surface area (Å²) < 4.78 is 0. The third kappa shape index (κ3) is 2.34. The summed E-state index contributed by atoms with van der Waals surface area (Å²) in [4.78, 5) is 6.77. The SMILES string of the molecule is Clc1ccnc(CN2CCCc3ccccc32)c1. The first-order chi connectivity index (χ1) is 8.83. The lowest BCUT2D eigenvalue weighted by molar-refractivity contribution is 0.684. The molecule has 0 unspecified atom stereocenters. The molecule has 1 aromatic carbocycles. The van der Waals surface area contributed by atoms with Gasteiger partial charge in [-0.2, -0.15) is 0 Å². The molecule has 0 saturated carbocycles. The van der Waals surface area contributed by atoms with E-state index >= 15 is 0 Å². The van der Waals surface area contributed by atoms with E-state index in [-0.39, 0.29) is 0 Å². The minimum atomic E-state index is 0.755. The molecule has 0 aliphatic carbocycles. The van der Waals surface area contributed by atoms with Crippen LogP contribution < -0.4 is 4.90 Å². The van der Waals surface area contributed by atoms with Gasteiger partial charge in [-0.1, -0.05) is 29.8 Å². The van der Waals surface area contributed by atoms with Crippen LogP contribution in [0.1, 0.15) is 17.7 Å². The zero-order valence-electron chi connectivity index (χ0n) is 10.1. The lowest BCUT2D eigenvalue weighted by atomic mass is 10.0. The predicted molar refractivity (Wildman–Crippen MR) is 75.1 cm³/mol. The Bertz CT molecular complexity index is 554. The van der Waals surface area contributed by atoms with Gasteiger partial charge < -0.3 is 4.90 Å². The highest BCUT2D eigenvalue weighted by Crippen LogP contribution is 2.27. The maximum Gasteiger partial charge on any atom is 0.0611 e. The maximum absolute atomic E-state index is 6.00. The van der Waals surface area contributed by atoms with Crippen molar-refractivity contribution in [1.29, 1.82) is 0 Å². The Kier molecular flexibility index (Phi) is 3.20. The number of rotatable bonds is 2. The van der Waals surface area contributed by atoms with Crippen LogP contribution >= 0.6 is 11.6 Å². The van der Waals surface area contributed by atoms with Crippen LogP contribution in [0, 0.1) is 0 Å². The van der Waals surface area contributed by atoms with Crippen LogP contribution in [0.3, 0.4) is 0 Å². The molecule has 3 rings (SSSR count). The molecule has 2 aromatic rings. The summed E-state index contributed by atoms with van der Waals surface area (Å²) in [5.41, 5.74) is 3.80. The van der Waals surface area contributed by atoms with Gasteiger partial charge in [-0.25, -0.2) is 0 Å². The Labute approximate surface area is 112 Å². The molecule has 1 aromatic heterocycles. The van der Waals surface area contributed by atoms with Gasteiger partial charge >= 0.3 is 0 Å². The standard InChI is InChI=1S/C15H15ClN2/c16-13-7-8-17-14(10-13)11-18-9-3-5-12-4-1-2-6-15(12)18/h1-2,4,6-8,10H,3,5,9,11H2. The summed E-state index contributed by atoms with van der Waals surface area (Å²) in [6, 6.07) is 12.4. The van der Waals surface area contributed by atoms with Crippen LogP contribution in [0.5, 0.6) is 0 Å². The molecule has 0 amide bonds. The summed E-state index contributed by atoms with van der Waals surface area (Å²) in [7, 11) is 0. The second kappa shape index (κ2) is 4.99. The average Bonchev–Trinajstić information content (AvgIpc) is 2.39. The number of aryl methyl sites for hydroxylation is 1. The van der Waals surface area contributed by atoms with E-state index in [0.717, 1.165) is 23.8 Å². The van der Waals surface area contributed by atoms with Crippen LogP contribution in [-0.2, 0) is 13.0 Å². The van der Waals surface area contributed by atoms with Gasteiger partial charge in [0.2, 0.25) is 0 Å². The maximum atomic E-state index is 6.00. The zero-order valence-corrected chi connectivity index (χ0v) is 10.9. The van der Waals surface area contributed by atoms with Crippen molar-refractivity contribution in [3.63, 3.8) is 0 Å². The van der Waals surface area contributed by atoms with E-state index < -0.39 is 0 Å². The fraction of sp³-hybridized carbons (Fsp3) is 0.267. The van der Waals surface area contributed by atoms with E-state index in [4.69, 9.17) is 11.6 Å². The van der Waals surface area contributed by atoms with E-state index in [2.05, 4.69) is 34.1 Å². The Balaban J connectivity index is 1.86. The molecule has 0 saturated heterocycles. The molecule has 3 heteroatoms. The molecule has 0 N–H and O–H groups in total. The third-order valence-corrected chi connectivity index (χ3v) is 3.57. The second-order valence-corrected chi connectivity index (χ2v) is 5.06. The van der Waals surface area contributed by atoms with Gasteiger partial charge in [0.25, 0.3) is 0 Å². The smallest absolute Gasteiger partial charge is 0.0611 e. The molecule has 18 heavy (non-hydrogen) atoms. The first-order valence-electron chi connectivity index (χ1n) is 6.26. The molecule has 92 valence electrons. The Hall–Kier alpha value is -1.54. The number of pyridine rings is 1. The van der Waals surface area contributed by atoms with Crippen LogP contribution in [0.15, 0.2) is 42.6 Å². The summed E-state index contributed by atoms with van der Waals surface area (Å²) in [6.45, 7) is 1.92. The first-order valence-corrected chi connectivity index (χ1v) is 6.64. The molecule has 2 nitrogen and oxygen atoms in total. The van der Waals surface area contributed by atoms with Gasteiger partial charge in [0.05, 0.1) is 12.2 Å². The molecule has 0 spiro atoms. The highest BCUT2D eigenvalue weighted by molar-refractivity contribution is 6.30. The number of halogens is 1.